The summed E-state index contributed by atoms with van der Waals surface area (Å²) in [5, 5.41) is 2.58. The van der Waals surface area contributed by atoms with Gasteiger partial charge < -0.3 is 19.7 Å². The van der Waals surface area contributed by atoms with Crippen LogP contribution in [0.2, 0.25) is 0 Å². The molecule has 1 fully saturated rings. The van der Waals surface area contributed by atoms with Crippen LogP contribution in [0.5, 0.6) is 5.75 Å². The van der Waals surface area contributed by atoms with Crippen LogP contribution in [0.25, 0.3) is 11.2 Å². The number of para-hydroxylation sites is 1. The molecule has 38 heavy (non-hydrogen) atoms. The predicted molar refractivity (Wildman–Crippen MR) is 135 cm³/mol. The highest BCUT2D eigenvalue weighted by Gasteiger charge is 2.48. The number of rotatable bonds is 10. The van der Waals surface area contributed by atoms with Gasteiger partial charge in [-0.15, -0.1) is 0 Å². The molecule has 4 rings (SSSR count). The number of halogens is 1. The number of aromatic amines is 1. The van der Waals surface area contributed by atoms with E-state index in [-0.39, 0.29) is 42.0 Å². The fourth-order valence-corrected chi connectivity index (χ4v) is 5.52. The van der Waals surface area contributed by atoms with Crippen molar-refractivity contribution in [2.75, 3.05) is 12.3 Å². The second kappa shape index (κ2) is 10.8. The minimum Gasteiger partial charge on any atom is -0.462 e. The number of nitrogens with zero attached hydrogens (tertiary/aromatic N) is 3. The molecule has 1 saturated heterocycles. The van der Waals surface area contributed by atoms with Crippen molar-refractivity contribution in [1.29, 1.82) is 0 Å². The summed E-state index contributed by atoms with van der Waals surface area (Å²) in [5.74, 6) is -0.576. The molecule has 1 aromatic carbocycles. The van der Waals surface area contributed by atoms with E-state index in [4.69, 9.17) is 24.3 Å². The van der Waals surface area contributed by atoms with Gasteiger partial charge >= 0.3 is 13.7 Å². The summed E-state index contributed by atoms with van der Waals surface area (Å²) in [4.78, 5) is 34.8. The molecular formula is C23H30FN6O7P. The van der Waals surface area contributed by atoms with E-state index in [0.717, 1.165) is 0 Å². The summed E-state index contributed by atoms with van der Waals surface area (Å²) < 4.78 is 52.9. The highest BCUT2D eigenvalue weighted by Crippen LogP contribution is 2.47. The first-order valence-electron chi connectivity index (χ1n) is 11.9. The lowest BCUT2D eigenvalue weighted by Crippen LogP contribution is -2.36. The lowest BCUT2D eigenvalue weighted by Gasteiger charge is -2.24. The minimum atomic E-state index is -4.17. The Labute approximate surface area is 217 Å². The molecule has 0 radical (unpaired) electrons. The third-order valence-electron chi connectivity index (χ3n) is 5.62. The molecule has 0 spiro atoms. The monoisotopic (exact) mass is 552 g/mol. The SMILES string of the molecule is CC(C)OC(=O)[C@@H](C)NP(=O)(OCC1C[C@@](C)(F)[C@H](n2cnc3c(=O)[nH]c(N)nc32)O1)Oc1ccccc1. The quantitative estimate of drug-likeness (QED) is 0.249. The smallest absolute Gasteiger partial charge is 0.459 e. The Balaban J connectivity index is 1.52. The number of nitrogens with one attached hydrogen (secondary N) is 2. The maximum Gasteiger partial charge on any atom is 0.459 e. The summed E-state index contributed by atoms with van der Waals surface area (Å²) in [6, 6.07) is 7.20. The average molecular weight is 553 g/mol. The van der Waals surface area contributed by atoms with Crippen molar-refractivity contribution in [2.45, 2.75) is 64.3 Å². The lowest BCUT2D eigenvalue weighted by atomic mass is 10.0. The number of ether oxygens (including phenoxy) is 2. The Morgan fingerprint density at radius 1 is 1.37 bits per heavy atom. The maximum absolute atomic E-state index is 15.7. The number of alkyl halides is 1. The Hall–Kier alpha value is -3.32. The molecule has 0 amide bonds. The van der Waals surface area contributed by atoms with Crippen LogP contribution in [0.3, 0.4) is 0 Å². The molecule has 3 aromatic rings. The van der Waals surface area contributed by atoms with Crippen molar-refractivity contribution in [3.05, 3.63) is 47.0 Å². The van der Waals surface area contributed by atoms with E-state index in [0.29, 0.717) is 0 Å². The first-order chi connectivity index (χ1) is 17.9. The van der Waals surface area contributed by atoms with Crippen LogP contribution in [-0.2, 0) is 23.4 Å². The number of anilines is 1. The van der Waals surface area contributed by atoms with Crippen molar-refractivity contribution >= 4 is 30.8 Å². The van der Waals surface area contributed by atoms with Gasteiger partial charge in [0.25, 0.3) is 5.56 Å². The van der Waals surface area contributed by atoms with Gasteiger partial charge in [-0.25, -0.2) is 13.9 Å². The molecule has 4 N–H and O–H groups in total. The van der Waals surface area contributed by atoms with Crippen LogP contribution in [0, 0.1) is 0 Å². The van der Waals surface area contributed by atoms with Crippen LogP contribution in [0.4, 0.5) is 10.3 Å². The third-order valence-corrected chi connectivity index (χ3v) is 7.27. The van der Waals surface area contributed by atoms with E-state index < -0.39 is 43.3 Å². The van der Waals surface area contributed by atoms with Gasteiger partial charge in [0, 0.05) is 6.42 Å². The number of imidazole rings is 1. The first kappa shape index (κ1) is 27.7. The van der Waals surface area contributed by atoms with Crippen molar-refractivity contribution in [1.82, 2.24) is 24.6 Å². The number of nitrogen functional groups attached to an aromatic ring is 1. The molecule has 0 bridgehead atoms. The largest absolute Gasteiger partial charge is 0.462 e. The molecule has 0 aliphatic carbocycles. The van der Waals surface area contributed by atoms with Gasteiger partial charge in [0.15, 0.2) is 23.1 Å². The average Bonchev–Trinajstić information content (AvgIpc) is 3.37. The molecule has 2 aromatic heterocycles. The third kappa shape index (κ3) is 6.21. The molecule has 1 aliphatic heterocycles. The Morgan fingerprint density at radius 3 is 2.76 bits per heavy atom. The molecule has 0 saturated carbocycles. The normalized spacial score (nSPS) is 23.8. The predicted octanol–water partition coefficient (Wildman–Crippen LogP) is 2.85. The highest BCUT2D eigenvalue weighted by atomic mass is 31.2. The number of esters is 1. The Bertz CT molecular complexity index is 1400. The summed E-state index contributed by atoms with van der Waals surface area (Å²) in [7, 11) is -4.17. The molecule has 206 valence electrons. The van der Waals surface area contributed by atoms with E-state index in [1.807, 2.05) is 0 Å². The fraction of sp³-hybridized carbons (Fsp3) is 0.478. The number of H-pyrrole nitrogens is 1. The van der Waals surface area contributed by atoms with E-state index in [9.17, 15) is 14.2 Å². The summed E-state index contributed by atoms with van der Waals surface area (Å²) in [5.41, 5.74) is 3.17. The Morgan fingerprint density at radius 2 is 2.08 bits per heavy atom. The molecular weight excluding hydrogens is 522 g/mol. The molecule has 15 heteroatoms. The molecule has 13 nitrogen and oxygen atoms in total. The van der Waals surface area contributed by atoms with Gasteiger partial charge in [-0.1, -0.05) is 18.2 Å². The number of hydrogen-bond acceptors (Lipinski definition) is 10. The van der Waals surface area contributed by atoms with Crippen molar-refractivity contribution in [2.24, 2.45) is 0 Å². The second-order valence-corrected chi connectivity index (χ2v) is 11.1. The van der Waals surface area contributed by atoms with Crippen molar-refractivity contribution in [3.63, 3.8) is 0 Å². The van der Waals surface area contributed by atoms with Gasteiger partial charge in [-0.2, -0.15) is 10.1 Å². The number of aromatic nitrogens is 4. The van der Waals surface area contributed by atoms with Crippen molar-refractivity contribution < 1.29 is 32.3 Å². The van der Waals surface area contributed by atoms with E-state index in [2.05, 4.69) is 20.0 Å². The summed E-state index contributed by atoms with van der Waals surface area (Å²) in [6.45, 7) is 5.81. The van der Waals surface area contributed by atoms with Crippen LogP contribution < -0.4 is 20.9 Å². The molecule has 5 atom stereocenters. The fourth-order valence-electron chi connectivity index (χ4n) is 4.00. The van der Waals surface area contributed by atoms with Crippen LogP contribution >= 0.6 is 7.75 Å². The number of nitrogens with two attached hydrogens (primary N) is 1. The highest BCUT2D eigenvalue weighted by molar-refractivity contribution is 7.52. The van der Waals surface area contributed by atoms with E-state index >= 15 is 4.39 Å². The minimum absolute atomic E-state index is 0.0227. The lowest BCUT2D eigenvalue weighted by molar-refractivity contribution is -0.149. The summed E-state index contributed by atoms with van der Waals surface area (Å²) in [6.07, 6.45) is -1.39. The van der Waals surface area contributed by atoms with Crippen LogP contribution in [0.15, 0.2) is 41.5 Å². The molecule has 1 aliphatic rings. The number of carbonyl (C=O) groups excluding carboxylic acids is 1. The standard InChI is InChI=1S/C23H30FN6O7P/c1-13(2)35-20(32)14(3)29-38(33,37-15-8-6-5-7-9-15)34-11-16-10-23(4,24)21(36-16)30-12-26-17-18(30)27-22(25)28-19(17)31/h5-9,12-14,16,21H,10-11H2,1-4H3,(H,29,33)(H3,25,27,28,31)/t14-,16?,21-,23-,38?/m1/s1. The van der Waals surface area contributed by atoms with Crippen LogP contribution in [-0.4, -0.2) is 56.0 Å². The summed E-state index contributed by atoms with van der Waals surface area (Å²) >= 11 is 0. The molecule has 3 heterocycles. The van der Waals surface area contributed by atoms with Gasteiger partial charge in [-0.3, -0.25) is 23.7 Å². The number of hydrogen-bond donors (Lipinski definition) is 3. The maximum atomic E-state index is 15.7. The molecule has 2 unspecified atom stereocenters. The number of benzene rings is 1. The van der Waals surface area contributed by atoms with Gasteiger partial charge in [0.1, 0.15) is 11.8 Å². The van der Waals surface area contributed by atoms with Gasteiger partial charge in [0.2, 0.25) is 5.95 Å². The van der Waals surface area contributed by atoms with E-state index in [1.54, 1.807) is 44.2 Å². The van der Waals surface area contributed by atoms with Gasteiger partial charge in [-0.05, 0) is 39.8 Å². The first-order valence-corrected chi connectivity index (χ1v) is 13.5. The van der Waals surface area contributed by atoms with Gasteiger partial charge in [0.05, 0.1) is 25.1 Å². The number of fused-ring (bicyclic) bond motifs is 1. The van der Waals surface area contributed by atoms with Crippen LogP contribution in [0.1, 0.15) is 40.3 Å². The van der Waals surface area contributed by atoms with E-state index in [1.165, 1.54) is 24.7 Å². The second-order valence-electron chi connectivity index (χ2n) is 9.40. The van der Waals surface area contributed by atoms with Crippen molar-refractivity contribution in [3.8, 4) is 5.75 Å². The Kier molecular flexibility index (Phi) is 7.88. The zero-order chi connectivity index (χ0) is 27.7. The zero-order valence-electron chi connectivity index (χ0n) is 21.3. The zero-order valence-corrected chi connectivity index (χ0v) is 22.2. The number of carbonyl (C=O) groups is 1. The topological polar surface area (TPSA) is 173 Å².